The lowest BCUT2D eigenvalue weighted by molar-refractivity contribution is -0.132. The molecule has 3 nitrogen and oxygen atoms in total. The van der Waals surface area contributed by atoms with Gasteiger partial charge < -0.3 is 9.64 Å². The van der Waals surface area contributed by atoms with Crippen LogP contribution >= 0.6 is 0 Å². The molecule has 0 aliphatic carbocycles. The van der Waals surface area contributed by atoms with Crippen molar-refractivity contribution in [3.63, 3.8) is 0 Å². The molecule has 0 spiro atoms. The topological polar surface area (TPSA) is 29.5 Å². The Balaban J connectivity index is 1.91. The van der Waals surface area contributed by atoms with Gasteiger partial charge in [0.25, 0.3) is 5.91 Å². The van der Waals surface area contributed by atoms with Crippen LogP contribution in [0.3, 0.4) is 0 Å². The van der Waals surface area contributed by atoms with Gasteiger partial charge in [0.1, 0.15) is 11.6 Å². The Labute approximate surface area is 130 Å². The summed E-state index contributed by atoms with van der Waals surface area (Å²) in [5, 5.41) is 0. The molecule has 0 fully saturated rings. The fraction of sp³-hybridized carbons (Fsp3) is 0.278. The van der Waals surface area contributed by atoms with E-state index in [1.807, 2.05) is 32.0 Å². The van der Waals surface area contributed by atoms with Gasteiger partial charge in [-0.25, -0.2) is 4.39 Å². The summed E-state index contributed by atoms with van der Waals surface area (Å²) in [7, 11) is 1.68. The van der Waals surface area contributed by atoms with Crippen LogP contribution in [0.5, 0.6) is 5.75 Å². The second-order valence-corrected chi connectivity index (χ2v) is 5.44. The molecule has 0 aliphatic heterocycles. The SMILES string of the molecule is Cc1ccc(OCC(=O)N(C)Cc2cccc(F)c2)c(C)c1. The van der Waals surface area contributed by atoms with Crippen LogP contribution in [0.1, 0.15) is 16.7 Å². The summed E-state index contributed by atoms with van der Waals surface area (Å²) in [6.45, 7) is 4.28. The van der Waals surface area contributed by atoms with Crippen LogP contribution in [0.15, 0.2) is 42.5 Å². The lowest BCUT2D eigenvalue weighted by Gasteiger charge is -2.18. The molecule has 0 N–H and O–H groups in total. The van der Waals surface area contributed by atoms with Gasteiger partial charge in [-0.1, -0.05) is 29.8 Å². The zero-order valence-electron chi connectivity index (χ0n) is 13.1. The predicted octanol–water partition coefficient (Wildman–Crippen LogP) is 3.48. The molecule has 2 aromatic carbocycles. The predicted molar refractivity (Wildman–Crippen MR) is 84.3 cm³/mol. The van der Waals surface area contributed by atoms with E-state index in [4.69, 9.17) is 4.74 Å². The molecule has 0 aliphatic rings. The quantitative estimate of drug-likeness (QED) is 0.846. The first-order chi connectivity index (χ1) is 10.5. The van der Waals surface area contributed by atoms with Crippen molar-refractivity contribution in [2.24, 2.45) is 0 Å². The smallest absolute Gasteiger partial charge is 0.260 e. The number of benzene rings is 2. The summed E-state index contributed by atoms with van der Waals surface area (Å²) in [5.41, 5.74) is 2.90. The van der Waals surface area contributed by atoms with E-state index >= 15 is 0 Å². The number of nitrogens with zero attached hydrogens (tertiary/aromatic N) is 1. The van der Waals surface area contributed by atoms with Gasteiger partial charge in [0.05, 0.1) is 0 Å². The first-order valence-electron chi connectivity index (χ1n) is 7.14. The molecule has 0 unspecified atom stereocenters. The summed E-state index contributed by atoms with van der Waals surface area (Å²) in [6, 6.07) is 12.1. The highest BCUT2D eigenvalue weighted by atomic mass is 19.1. The molecule has 2 rings (SSSR count). The fourth-order valence-corrected chi connectivity index (χ4v) is 2.21. The normalized spacial score (nSPS) is 10.4. The molecular formula is C18H20FNO2. The Kier molecular flexibility index (Phi) is 5.15. The number of rotatable bonds is 5. The van der Waals surface area contributed by atoms with Crippen molar-refractivity contribution < 1.29 is 13.9 Å². The number of ether oxygens (including phenoxy) is 1. The van der Waals surface area contributed by atoms with Crippen LogP contribution in [-0.2, 0) is 11.3 Å². The van der Waals surface area contributed by atoms with Crippen LogP contribution in [0.4, 0.5) is 4.39 Å². The van der Waals surface area contributed by atoms with Gasteiger partial charge in [0, 0.05) is 13.6 Å². The number of likely N-dealkylation sites (N-methyl/N-ethyl adjacent to an activating group) is 1. The molecule has 0 bridgehead atoms. The summed E-state index contributed by atoms with van der Waals surface area (Å²) in [4.78, 5) is 13.6. The van der Waals surface area contributed by atoms with Gasteiger partial charge in [0.15, 0.2) is 6.61 Å². The largest absolute Gasteiger partial charge is 0.484 e. The minimum Gasteiger partial charge on any atom is -0.484 e. The number of carbonyl (C=O) groups is 1. The van der Waals surface area contributed by atoms with Crippen molar-refractivity contribution in [2.75, 3.05) is 13.7 Å². The van der Waals surface area contributed by atoms with Crippen molar-refractivity contribution in [1.29, 1.82) is 0 Å². The lowest BCUT2D eigenvalue weighted by Crippen LogP contribution is -2.31. The van der Waals surface area contributed by atoms with E-state index < -0.39 is 0 Å². The molecule has 0 radical (unpaired) electrons. The average Bonchev–Trinajstić information content (AvgIpc) is 2.46. The monoisotopic (exact) mass is 301 g/mol. The average molecular weight is 301 g/mol. The standard InChI is InChI=1S/C18H20FNO2/c1-13-7-8-17(14(2)9-13)22-12-18(21)20(3)11-15-5-4-6-16(19)10-15/h4-10H,11-12H2,1-3H3. The third-order valence-corrected chi connectivity index (χ3v) is 3.42. The van der Waals surface area contributed by atoms with Crippen LogP contribution < -0.4 is 4.74 Å². The lowest BCUT2D eigenvalue weighted by atomic mass is 10.1. The Hall–Kier alpha value is -2.36. The van der Waals surface area contributed by atoms with Gasteiger partial charge in [-0.15, -0.1) is 0 Å². The van der Waals surface area contributed by atoms with Crippen LogP contribution in [0.25, 0.3) is 0 Å². The van der Waals surface area contributed by atoms with E-state index in [9.17, 15) is 9.18 Å². The zero-order chi connectivity index (χ0) is 16.1. The van der Waals surface area contributed by atoms with Crippen molar-refractivity contribution in [3.8, 4) is 5.75 Å². The third kappa shape index (κ3) is 4.32. The van der Waals surface area contributed by atoms with Gasteiger partial charge >= 0.3 is 0 Å². The molecule has 1 amide bonds. The molecule has 116 valence electrons. The van der Waals surface area contributed by atoms with E-state index in [0.29, 0.717) is 12.3 Å². The van der Waals surface area contributed by atoms with E-state index in [0.717, 1.165) is 16.7 Å². The molecule has 0 atom stereocenters. The van der Waals surface area contributed by atoms with E-state index in [1.165, 1.54) is 17.0 Å². The highest BCUT2D eigenvalue weighted by Gasteiger charge is 2.11. The van der Waals surface area contributed by atoms with Crippen LogP contribution in [-0.4, -0.2) is 24.5 Å². The Morgan fingerprint density at radius 2 is 1.95 bits per heavy atom. The second-order valence-electron chi connectivity index (χ2n) is 5.44. The number of hydrogen-bond donors (Lipinski definition) is 0. The molecule has 0 saturated carbocycles. The van der Waals surface area contributed by atoms with Crippen molar-refractivity contribution in [1.82, 2.24) is 4.90 Å². The zero-order valence-corrected chi connectivity index (χ0v) is 13.1. The second kappa shape index (κ2) is 7.07. The van der Waals surface area contributed by atoms with Crippen molar-refractivity contribution >= 4 is 5.91 Å². The summed E-state index contributed by atoms with van der Waals surface area (Å²) >= 11 is 0. The molecular weight excluding hydrogens is 281 g/mol. The number of amides is 1. The molecule has 0 aromatic heterocycles. The number of halogens is 1. The van der Waals surface area contributed by atoms with Gasteiger partial charge in [-0.3, -0.25) is 4.79 Å². The third-order valence-electron chi connectivity index (χ3n) is 3.42. The maximum atomic E-state index is 13.1. The van der Waals surface area contributed by atoms with E-state index in [1.54, 1.807) is 19.2 Å². The Morgan fingerprint density at radius 3 is 2.64 bits per heavy atom. The highest BCUT2D eigenvalue weighted by Crippen LogP contribution is 2.18. The molecule has 0 heterocycles. The van der Waals surface area contributed by atoms with Gasteiger partial charge in [-0.2, -0.15) is 0 Å². The summed E-state index contributed by atoms with van der Waals surface area (Å²) < 4.78 is 18.7. The fourth-order valence-electron chi connectivity index (χ4n) is 2.21. The minimum absolute atomic E-state index is 0.0320. The van der Waals surface area contributed by atoms with Crippen molar-refractivity contribution in [3.05, 3.63) is 65.0 Å². The van der Waals surface area contributed by atoms with Gasteiger partial charge in [0.2, 0.25) is 0 Å². The summed E-state index contributed by atoms with van der Waals surface area (Å²) in [5.74, 6) is 0.257. The molecule has 2 aromatic rings. The van der Waals surface area contributed by atoms with Crippen LogP contribution in [0, 0.1) is 19.7 Å². The van der Waals surface area contributed by atoms with E-state index in [2.05, 4.69) is 0 Å². The first-order valence-corrected chi connectivity index (χ1v) is 7.14. The van der Waals surface area contributed by atoms with Crippen LogP contribution in [0.2, 0.25) is 0 Å². The van der Waals surface area contributed by atoms with Gasteiger partial charge in [-0.05, 0) is 43.2 Å². The molecule has 22 heavy (non-hydrogen) atoms. The minimum atomic E-state index is -0.301. The maximum absolute atomic E-state index is 13.1. The van der Waals surface area contributed by atoms with Crippen molar-refractivity contribution in [2.45, 2.75) is 20.4 Å². The van der Waals surface area contributed by atoms with E-state index in [-0.39, 0.29) is 18.3 Å². The maximum Gasteiger partial charge on any atom is 0.260 e. The first kappa shape index (κ1) is 16.0. The Bertz CT molecular complexity index is 670. The molecule has 4 heteroatoms. The molecule has 0 saturated heterocycles. The Morgan fingerprint density at radius 1 is 1.18 bits per heavy atom. The highest BCUT2D eigenvalue weighted by molar-refractivity contribution is 5.77. The summed E-state index contributed by atoms with van der Waals surface area (Å²) in [6.07, 6.45) is 0. The number of aryl methyl sites for hydroxylation is 2. The number of carbonyl (C=O) groups excluding carboxylic acids is 1. The number of hydrogen-bond acceptors (Lipinski definition) is 2.